The van der Waals surface area contributed by atoms with Gasteiger partial charge in [-0.05, 0) is 125 Å². The topological polar surface area (TPSA) is 46.9 Å². The quantitative estimate of drug-likeness (QED) is 0.217. The summed E-state index contributed by atoms with van der Waals surface area (Å²) in [5.74, 6) is 0.985. The fraction of sp³-hybridized carbons (Fsp3) is 0.657. The molecule has 0 fully saturated rings. The Balaban J connectivity index is 1.10. The molecule has 0 aliphatic heterocycles. The van der Waals surface area contributed by atoms with Gasteiger partial charge in [-0.3, -0.25) is 0 Å². The number of benzene rings is 2. The Morgan fingerprint density at radius 3 is 1.41 bits per heavy atom. The van der Waals surface area contributed by atoms with Crippen molar-refractivity contribution in [3.8, 4) is 11.5 Å². The van der Waals surface area contributed by atoms with E-state index in [4.69, 9.17) is 0 Å². The lowest BCUT2D eigenvalue weighted by Crippen LogP contribution is -2.40. The van der Waals surface area contributed by atoms with Gasteiger partial charge in [-0.25, -0.2) is 0 Å². The van der Waals surface area contributed by atoms with Gasteiger partial charge < -0.3 is 20.0 Å². The second-order valence-electron chi connectivity index (χ2n) is 12.2. The number of hydrogen-bond donors (Lipinski definition) is 2. The van der Waals surface area contributed by atoms with Crippen molar-refractivity contribution in [2.45, 2.75) is 122 Å². The van der Waals surface area contributed by atoms with Crippen molar-refractivity contribution >= 4 is 0 Å². The molecule has 0 unspecified atom stereocenters. The van der Waals surface area contributed by atoms with Gasteiger partial charge in [-0.2, -0.15) is 0 Å². The van der Waals surface area contributed by atoms with Crippen molar-refractivity contribution < 1.29 is 10.2 Å². The van der Waals surface area contributed by atoms with Crippen LogP contribution >= 0.6 is 0 Å². The smallest absolute Gasteiger partial charge is 0.119 e. The first-order valence-electron chi connectivity index (χ1n) is 16.2. The van der Waals surface area contributed by atoms with Crippen LogP contribution in [0.25, 0.3) is 0 Å². The molecule has 0 radical (unpaired) electrons. The molecule has 4 rings (SSSR count). The van der Waals surface area contributed by atoms with Crippen LogP contribution in [-0.2, 0) is 25.7 Å². The number of rotatable bonds is 16. The van der Waals surface area contributed by atoms with E-state index in [9.17, 15) is 10.2 Å². The predicted molar refractivity (Wildman–Crippen MR) is 164 cm³/mol. The molecular formula is C35H54N2O2. The standard InChI is InChI=1S/C35H54N2O2/c1-3-22-36(30-18-20-32-28(26-30)14-12-16-34(32)38)24-10-8-6-5-7-9-11-25-37(23-4-2)31-19-21-33-29(27-31)15-13-17-35(33)39/h12-17,30-31,38-39H,3-11,18-27H2,1-2H3/t30-,31-/m0/s1. The molecule has 0 spiro atoms. The molecule has 0 saturated carbocycles. The molecule has 4 heteroatoms. The molecule has 39 heavy (non-hydrogen) atoms. The highest BCUT2D eigenvalue weighted by atomic mass is 16.3. The van der Waals surface area contributed by atoms with Crippen LogP contribution in [0.5, 0.6) is 11.5 Å². The molecule has 0 saturated heterocycles. The maximum atomic E-state index is 10.2. The van der Waals surface area contributed by atoms with Gasteiger partial charge >= 0.3 is 0 Å². The Kier molecular flexibility index (Phi) is 12.0. The fourth-order valence-electron chi connectivity index (χ4n) is 7.20. The summed E-state index contributed by atoms with van der Waals surface area (Å²) in [4.78, 5) is 5.47. The van der Waals surface area contributed by atoms with E-state index in [0.29, 0.717) is 23.6 Å². The van der Waals surface area contributed by atoms with Crippen LogP contribution in [0.2, 0.25) is 0 Å². The van der Waals surface area contributed by atoms with Crippen molar-refractivity contribution in [3.63, 3.8) is 0 Å². The molecule has 2 aromatic carbocycles. The molecule has 0 bridgehead atoms. The van der Waals surface area contributed by atoms with Crippen molar-refractivity contribution in [2.24, 2.45) is 0 Å². The first-order chi connectivity index (χ1) is 19.1. The van der Waals surface area contributed by atoms with Crippen LogP contribution in [0.1, 0.15) is 107 Å². The molecule has 2 aliphatic carbocycles. The fourth-order valence-corrected chi connectivity index (χ4v) is 7.20. The molecule has 0 amide bonds. The highest BCUT2D eigenvalue weighted by molar-refractivity contribution is 5.42. The van der Waals surface area contributed by atoms with Crippen LogP contribution in [0.3, 0.4) is 0 Å². The zero-order chi connectivity index (χ0) is 27.5. The Hall–Kier alpha value is -2.04. The monoisotopic (exact) mass is 534 g/mol. The zero-order valence-corrected chi connectivity index (χ0v) is 24.8. The van der Waals surface area contributed by atoms with Gasteiger partial charge in [-0.1, -0.05) is 70.2 Å². The Labute approximate surface area is 238 Å². The van der Waals surface area contributed by atoms with Crippen LogP contribution in [-0.4, -0.2) is 58.3 Å². The second kappa shape index (κ2) is 15.7. The van der Waals surface area contributed by atoms with E-state index < -0.39 is 0 Å². The predicted octanol–water partition coefficient (Wildman–Crippen LogP) is 7.67. The van der Waals surface area contributed by atoms with Crippen LogP contribution in [0.4, 0.5) is 0 Å². The first kappa shape index (κ1) is 29.9. The van der Waals surface area contributed by atoms with E-state index in [2.05, 4.69) is 35.8 Å². The maximum Gasteiger partial charge on any atom is 0.119 e. The number of hydrogen-bond acceptors (Lipinski definition) is 4. The number of fused-ring (bicyclic) bond motifs is 2. The highest BCUT2D eigenvalue weighted by Gasteiger charge is 2.26. The lowest BCUT2D eigenvalue weighted by Gasteiger charge is -2.35. The maximum absolute atomic E-state index is 10.2. The molecule has 0 heterocycles. The number of nitrogens with zero attached hydrogens (tertiary/aromatic N) is 2. The minimum atomic E-state index is 0.493. The molecule has 2 aliphatic rings. The van der Waals surface area contributed by atoms with E-state index in [0.717, 1.165) is 25.7 Å². The van der Waals surface area contributed by atoms with E-state index in [-0.39, 0.29) is 0 Å². The summed E-state index contributed by atoms with van der Waals surface area (Å²) in [5.41, 5.74) is 5.09. The average Bonchev–Trinajstić information content (AvgIpc) is 2.95. The van der Waals surface area contributed by atoms with Crippen LogP contribution in [0, 0.1) is 0 Å². The van der Waals surface area contributed by atoms with Crippen LogP contribution < -0.4 is 0 Å². The largest absolute Gasteiger partial charge is 0.508 e. The van der Waals surface area contributed by atoms with E-state index in [1.165, 1.54) is 119 Å². The number of unbranched alkanes of at least 4 members (excludes halogenated alkanes) is 6. The number of phenolic OH excluding ortho intramolecular Hbond substituents is 2. The summed E-state index contributed by atoms with van der Waals surface area (Å²) in [6, 6.07) is 13.4. The van der Waals surface area contributed by atoms with Gasteiger partial charge in [0.2, 0.25) is 0 Å². The minimum absolute atomic E-state index is 0.493. The molecular weight excluding hydrogens is 480 g/mol. The van der Waals surface area contributed by atoms with Crippen molar-refractivity contribution in [2.75, 3.05) is 26.2 Å². The molecule has 2 N–H and O–H groups in total. The third-order valence-electron chi connectivity index (χ3n) is 9.31. The zero-order valence-electron chi connectivity index (χ0n) is 24.8. The van der Waals surface area contributed by atoms with Gasteiger partial charge in [-0.15, -0.1) is 0 Å². The van der Waals surface area contributed by atoms with Gasteiger partial charge in [0.15, 0.2) is 0 Å². The summed E-state index contributed by atoms with van der Waals surface area (Å²) in [6.45, 7) is 9.44. The van der Waals surface area contributed by atoms with E-state index in [1.54, 1.807) is 0 Å². The molecule has 0 aromatic heterocycles. The lowest BCUT2D eigenvalue weighted by molar-refractivity contribution is 0.174. The van der Waals surface area contributed by atoms with Crippen molar-refractivity contribution in [3.05, 3.63) is 58.7 Å². The summed E-state index contributed by atoms with van der Waals surface area (Å²) in [7, 11) is 0. The highest BCUT2D eigenvalue weighted by Crippen LogP contribution is 2.32. The third-order valence-corrected chi connectivity index (χ3v) is 9.31. The van der Waals surface area contributed by atoms with Gasteiger partial charge in [0, 0.05) is 12.1 Å². The summed E-state index contributed by atoms with van der Waals surface area (Å²) in [6.07, 6.45) is 18.4. The van der Waals surface area contributed by atoms with Gasteiger partial charge in [0.25, 0.3) is 0 Å². The summed E-state index contributed by atoms with van der Waals surface area (Å²) < 4.78 is 0. The third kappa shape index (κ3) is 8.47. The summed E-state index contributed by atoms with van der Waals surface area (Å²) in [5, 5.41) is 20.4. The van der Waals surface area contributed by atoms with Gasteiger partial charge in [0.1, 0.15) is 11.5 Å². The molecule has 4 nitrogen and oxygen atoms in total. The SMILES string of the molecule is CCCN(CCCCCCCCCN(CCC)[C@H]1CCc2c(O)cccc2C1)[C@H]1CCc2c(O)cccc2C1. The average molecular weight is 535 g/mol. The molecule has 2 atom stereocenters. The Morgan fingerprint density at radius 1 is 0.590 bits per heavy atom. The number of aromatic hydroxyl groups is 2. The molecule has 216 valence electrons. The van der Waals surface area contributed by atoms with Gasteiger partial charge in [0.05, 0.1) is 0 Å². The minimum Gasteiger partial charge on any atom is -0.508 e. The number of phenols is 2. The normalized spacial score (nSPS) is 18.9. The lowest BCUT2D eigenvalue weighted by atomic mass is 9.86. The Morgan fingerprint density at radius 2 is 1.00 bits per heavy atom. The molecule has 2 aromatic rings. The van der Waals surface area contributed by atoms with Crippen molar-refractivity contribution in [1.82, 2.24) is 9.80 Å². The van der Waals surface area contributed by atoms with Crippen LogP contribution in [0.15, 0.2) is 36.4 Å². The Bertz CT molecular complexity index is 927. The van der Waals surface area contributed by atoms with E-state index in [1.807, 2.05) is 24.3 Å². The second-order valence-corrected chi connectivity index (χ2v) is 12.2. The first-order valence-corrected chi connectivity index (χ1v) is 16.2. The van der Waals surface area contributed by atoms with Crippen molar-refractivity contribution in [1.29, 1.82) is 0 Å². The van der Waals surface area contributed by atoms with E-state index >= 15 is 0 Å². The summed E-state index contributed by atoms with van der Waals surface area (Å²) >= 11 is 0.